The first-order valence-electron chi connectivity index (χ1n) is 8.85. The molecule has 0 unspecified atom stereocenters. The number of ether oxygens (including phenoxy) is 1. The Hall–Kier alpha value is -1.70. The molecule has 0 fully saturated rings. The zero-order valence-electron chi connectivity index (χ0n) is 15.8. The summed E-state index contributed by atoms with van der Waals surface area (Å²) in [5.41, 5.74) is 1.15. The van der Waals surface area contributed by atoms with Crippen LogP contribution >= 0.6 is 24.0 Å². The van der Waals surface area contributed by atoms with Crippen LogP contribution in [0.2, 0.25) is 0 Å². The molecule has 6 heteroatoms. The van der Waals surface area contributed by atoms with Gasteiger partial charge < -0.3 is 19.8 Å². The molecule has 0 aliphatic heterocycles. The zero-order chi connectivity index (χ0) is 17.9. The number of hydrogen-bond donors (Lipinski definition) is 2. The second kappa shape index (κ2) is 12.6. The number of guanidine groups is 1. The minimum absolute atomic E-state index is 0. The lowest BCUT2D eigenvalue weighted by Gasteiger charge is -2.13. The molecular formula is C20H30IN3O2. The highest BCUT2D eigenvalue weighted by Gasteiger charge is 2.02. The molecule has 1 aromatic carbocycles. The number of benzene rings is 1. The monoisotopic (exact) mass is 471 g/mol. The van der Waals surface area contributed by atoms with Gasteiger partial charge in [0.15, 0.2) is 5.96 Å². The Morgan fingerprint density at radius 1 is 1.12 bits per heavy atom. The van der Waals surface area contributed by atoms with Gasteiger partial charge >= 0.3 is 0 Å². The normalized spacial score (nSPS) is 11.2. The lowest BCUT2D eigenvalue weighted by molar-refractivity contribution is 0.414. The molecule has 5 nitrogen and oxygen atoms in total. The van der Waals surface area contributed by atoms with Crippen molar-refractivity contribution >= 4 is 29.9 Å². The Morgan fingerprint density at radius 3 is 2.46 bits per heavy atom. The predicted molar refractivity (Wildman–Crippen MR) is 117 cm³/mol. The molecule has 1 heterocycles. The van der Waals surface area contributed by atoms with Gasteiger partial charge in [-0.1, -0.05) is 26.0 Å². The summed E-state index contributed by atoms with van der Waals surface area (Å²) in [7, 11) is 1.67. The molecule has 1 aromatic heterocycles. The van der Waals surface area contributed by atoms with Gasteiger partial charge in [0.05, 0.1) is 19.9 Å². The van der Waals surface area contributed by atoms with Crippen LogP contribution in [-0.2, 0) is 13.0 Å². The number of nitrogens with zero attached hydrogens (tertiary/aromatic N) is 1. The van der Waals surface area contributed by atoms with E-state index in [1.165, 1.54) is 0 Å². The maximum absolute atomic E-state index is 5.37. The molecule has 0 aliphatic carbocycles. The first-order valence-corrected chi connectivity index (χ1v) is 8.85. The van der Waals surface area contributed by atoms with E-state index in [1.807, 2.05) is 36.4 Å². The topological polar surface area (TPSA) is 58.8 Å². The molecule has 2 N–H and O–H groups in total. The van der Waals surface area contributed by atoms with Gasteiger partial charge in [-0.15, -0.1) is 24.0 Å². The number of hydrogen-bond acceptors (Lipinski definition) is 3. The zero-order valence-corrected chi connectivity index (χ0v) is 18.2. The van der Waals surface area contributed by atoms with E-state index in [0.29, 0.717) is 12.5 Å². The number of rotatable bonds is 9. The third-order valence-electron chi connectivity index (χ3n) is 3.84. The smallest absolute Gasteiger partial charge is 0.191 e. The number of aliphatic imine (C=N–C) groups is 1. The summed E-state index contributed by atoms with van der Waals surface area (Å²) >= 11 is 0. The van der Waals surface area contributed by atoms with Crippen molar-refractivity contribution < 1.29 is 9.15 Å². The fourth-order valence-electron chi connectivity index (χ4n) is 2.31. The fraction of sp³-hybridized carbons (Fsp3) is 0.450. The average molecular weight is 471 g/mol. The first-order chi connectivity index (χ1) is 12.2. The molecule has 2 aromatic rings. The molecule has 2 rings (SSSR count). The number of furan rings is 1. The highest BCUT2D eigenvalue weighted by atomic mass is 127. The summed E-state index contributed by atoms with van der Waals surface area (Å²) in [4.78, 5) is 4.69. The molecule has 26 heavy (non-hydrogen) atoms. The van der Waals surface area contributed by atoms with Gasteiger partial charge in [0.25, 0.3) is 0 Å². The summed E-state index contributed by atoms with van der Waals surface area (Å²) in [5, 5.41) is 6.79. The van der Waals surface area contributed by atoms with Crippen molar-refractivity contribution in [1.82, 2.24) is 10.6 Å². The SMILES string of the molecule is COc1ccc(CN=C(NCCc2ccco2)NCCC(C)C)cc1.I. The van der Waals surface area contributed by atoms with Gasteiger partial charge in [0.1, 0.15) is 11.5 Å². The summed E-state index contributed by atoms with van der Waals surface area (Å²) in [6.07, 6.45) is 3.65. The van der Waals surface area contributed by atoms with Gasteiger partial charge in [0.2, 0.25) is 0 Å². The van der Waals surface area contributed by atoms with Crippen LogP contribution in [0.15, 0.2) is 52.1 Å². The van der Waals surface area contributed by atoms with Crippen LogP contribution in [0.5, 0.6) is 5.75 Å². The first kappa shape index (κ1) is 22.3. The molecule has 144 valence electrons. The largest absolute Gasteiger partial charge is 0.497 e. The Kier molecular flexibility index (Phi) is 10.8. The van der Waals surface area contributed by atoms with Crippen LogP contribution in [0.1, 0.15) is 31.6 Å². The molecule has 0 amide bonds. The Bertz CT molecular complexity index is 625. The summed E-state index contributed by atoms with van der Waals surface area (Å²) in [6, 6.07) is 11.9. The standard InChI is InChI=1S/C20H29N3O2.HI/c1-16(2)10-12-21-20(22-13-11-19-5-4-14-25-19)23-15-17-6-8-18(24-3)9-7-17;/h4-9,14,16H,10-13,15H2,1-3H3,(H2,21,22,23);1H. The van der Waals surface area contributed by atoms with Crippen LogP contribution in [0.3, 0.4) is 0 Å². The quantitative estimate of drug-likeness (QED) is 0.327. The maximum atomic E-state index is 5.37. The van der Waals surface area contributed by atoms with E-state index in [2.05, 4.69) is 29.5 Å². The lowest BCUT2D eigenvalue weighted by atomic mass is 10.1. The van der Waals surface area contributed by atoms with Gasteiger partial charge in [-0.05, 0) is 42.2 Å². The van der Waals surface area contributed by atoms with Crippen molar-refractivity contribution in [3.8, 4) is 5.75 Å². The fourth-order valence-corrected chi connectivity index (χ4v) is 2.31. The van der Waals surface area contributed by atoms with Crippen LogP contribution in [0, 0.1) is 5.92 Å². The summed E-state index contributed by atoms with van der Waals surface area (Å²) < 4.78 is 10.6. The van der Waals surface area contributed by atoms with E-state index in [-0.39, 0.29) is 24.0 Å². The maximum Gasteiger partial charge on any atom is 0.191 e. The molecule has 0 aliphatic rings. The molecular weight excluding hydrogens is 441 g/mol. The van der Waals surface area contributed by atoms with Crippen molar-refractivity contribution in [3.05, 3.63) is 54.0 Å². The van der Waals surface area contributed by atoms with Crippen molar-refractivity contribution in [3.63, 3.8) is 0 Å². The van der Waals surface area contributed by atoms with Crippen molar-refractivity contribution in [1.29, 1.82) is 0 Å². The molecule has 0 atom stereocenters. The van der Waals surface area contributed by atoms with Gasteiger partial charge in [-0.3, -0.25) is 0 Å². The number of halogens is 1. The van der Waals surface area contributed by atoms with E-state index < -0.39 is 0 Å². The van der Waals surface area contributed by atoms with Crippen molar-refractivity contribution in [2.45, 2.75) is 33.2 Å². The molecule has 0 radical (unpaired) electrons. The minimum atomic E-state index is 0. The number of methoxy groups -OCH3 is 1. The Morgan fingerprint density at radius 2 is 1.85 bits per heavy atom. The summed E-state index contributed by atoms with van der Waals surface area (Å²) in [6.45, 7) is 6.76. The lowest BCUT2D eigenvalue weighted by Crippen LogP contribution is -2.39. The Labute approximate surface area is 173 Å². The van der Waals surface area contributed by atoms with E-state index in [4.69, 9.17) is 9.15 Å². The third kappa shape index (κ3) is 8.60. The van der Waals surface area contributed by atoms with Crippen LogP contribution in [0.25, 0.3) is 0 Å². The second-order valence-electron chi connectivity index (χ2n) is 6.38. The average Bonchev–Trinajstić information content (AvgIpc) is 3.13. The predicted octanol–water partition coefficient (Wildman–Crippen LogP) is 4.23. The van der Waals surface area contributed by atoms with Gasteiger partial charge in [-0.2, -0.15) is 0 Å². The van der Waals surface area contributed by atoms with Crippen molar-refractivity contribution in [2.24, 2.45) is 10.9 Å². The summed E-state index contributed by atoms with van der Waals surface area (Å²) in [5.74, 6) is 3.34. The molecule has 0 bridgehead atoms. The van der Waals surface area contributed by atoms with Gasteiger partial charge in [-0.25, -0.2) is 4.99 Å². The van der Waals surface area contributed by atoms with Crippen molar-refractivity contribution in [2.75, 3.05) is 20.2 Å². The molecule has 0 saturated heterocycles. The molecule has 0 spiro atoms. The van der Waals surface area contributed by atoms with E-state index in [9.17, 15) is 0 Å². The highest BCUT2D eigenvalue weighted by molar-refractivity contribution is 14.0. The molecule has 0 saturated carbocycles. The minimum Gasteiger partial charge on any atom is -0.497 e. The number of nitrogens with one attached hydrogen (secondary N) is 2. The van der Waals surface area contributed by atoms with Crippen LogP contribution < -0.4 is 15.4 Å². The van der Waals surface area contributed by atoms with E-state index in [1.54, 1.807) is 13.4 Å². The Balaban J connectivity index is 0.00000338. The van der Waals surface area contributed by atoms with E-state index in [0.717, 1.165) is 49.0 Å². The van der Waals surface area contributed by atoms with Gasteiger partial charge in [0, 0.05) is 19.5 Å². The van der Waals surface area contributed by atoms with Crippen LogP contribution in [0.4, 0.5) is 0 Å². The highest BCUT2D eigenvalue weighted by Crippen LogP contribution is 2.11. The third-order valence-corrected chi connectivity index (χ3v) is 3.84. The second-order valence-corrected chi connectivity index (χ2v) is 6.38. The van der Waals surface area contributed by atoms with E-state index >= 15 is 0 Å². The van der Waals surface area contributed by atoms with Crippen LogP contribution in [-0.4, -0.2) is 26.2 Å².